The fourth-order valence-electron chi connectivity index (χ4n) is 3.63. The molecule has 0 radical (unpaired) electrons. The van der Waals surface area contributed by atoms with E-state index in [1.807, 2.05) is 12.1 Å². The van der Waals surface area contributed by atoms with Crippen molar-refractivity contribution in [3.8, 4) is 0 Å². The van der Waals surface area contributed by atoms with E-state index in [1.54, 1.807) is 24.5 Å². The van der Waals surface area contributed by atoms with Crippen LogP contribution in [0.15, 0.2) is 47.4 Å². The lowest BCUT2D eigenvalue weighted by Gasteiger charge is -2.29. The van der Waals surface area contributed by atoms with Crippen LogP contribution in [0.1, 0.15) is 44.6 Å². The molecule has 1 amide bonds. The summed E-state index contributed by atoms with van der Waals surface area (Å²) in [6.07, 6.45) is -2.60. The van der Waals surface area contributed by atoms with Gasteiger partial charge in [-0.1, -0.05) is 29.8 Å². The molecule has 178 valence electrons. The number of amides is 1. The van der Waals surface area contributed by atoms with Gasteiger partial charge in [0.1, 0.15) is 0 Å². The first-order chi connectivity index (χ1) is 14.9. The first-order valence-corrected chi connectivity index (χ1v) is 10.7. The molecule has 1 atom stereocenters. The zero-order valence-electron chi connectivity index (χ0n) is 17.5. The largest absolute Gasteiger partial charge is 0.400 e. The van der Waals surface area contributed by atoms with Crippen molar-refractivity contribution in [2.45, 2.75) is 57.8 Å². The molecule has 1 aliphatic rings. The van der Waals surface area contributed by atoms with E-state index < -0.39 is 30.6 Å². The minimum Gasteiger partial charge on any atom is -0.312 e. The van der Waals surface area contributed by atoms with Crippen molar-refractivity contribution in [1.29, 1.82) is 0 Å². The molecule has 0 aromatic carbocycles. The summed E-state index contributed by atoms with van der Waals surface area (Å²) in [6, 6.07) is 3.73. The van der Waals surface area contributed by atoms with Crippen molar-refractivity contribution in [3.05, 3.63) is 53.0 Å². The Kier molecular flexibility index (Phi) is 9.18. The molecule has 1 aromatic heterocycles. The van der Waals surface area contributed by atoms with Crippen molar-refractivity contribution in [2.75, 3.05) is 6.54 Å². The summed E-state index contributed by atoms with van der Waals surface area (Å²) in [4.78, 5) is 17.6. The number of hydrogen-bond donors (Lipinski definition) is 0. The maximum absolute atomic E-state index is 13.0. The molecule has 1 aliphatic carbocycles. The SMILES string of the molecule is CCN(C(=O)CC(C(F)(F)F)C(F)(F)F)C1=CC(CCc2cccnc2)CCCC=C1Cl. The van der Waals surface area contributed by atoms with Crippen LogP contribution in [0.25, 0.3) is 0 Å². The molecule has 1 aromatic rings. The van der Waals surface area contributed by atoms with Crippen molar-refractivity contribution < 1.29 is 31.1 Å². The Bertz CT molecular complexity index is 806. The lowest BCUT2D eigenvalue weighted by molar-refractivity contribution is -0.284. The fraction of sp³-hybridized carbons (Fsp3) is 0.545. The van der Waals surface area contributed by atoms with E-state index in [1.165, 1.54) is 6.92 Å². The van der Waals surface area contributed by atoms with E-state index in [9.17, 15) is 31.1 Å². The highest BCUT2D eigenvalue weighted by Gasteiger charge is 2.57. The number of pyridine rings is 1. The minimum atomic E-state index is -5.57. The van der Waals surface area contributed by atoms with Crippen LogP contribution in [0.4, 0.5) is 26.3 Å². The van der Waals surface area contributed by atoms with E-state index >= 15 is 0 Å². The van der Waals surface area contributed by atoms with Crippen LogP contribution in [-0.2, 0) is 11.2 Å². The topological polar surface area (TPSA) is 33.2 Å². The van der Waals surface area contributed by atoms with Gasteiger partial charge in [-0.15, -0.1) is 0 Å². The van der Waals surface area contributed by atoms with E-state index in [0.717, 1.165) is 23.3 Å². The fourth-order valence-corrected chi connectivity index (χ4v) is 3.90. The molecular formula is C22H25ClF6N2O. The summed E-state index contributed by atoms with van der Waals surface area (Å²) in [6.45, 7) is 1.38. The summed E-state index contributed by atoms with van der Waals surface area (Å²) in [5, 5.41) is 0.154. The average Bonchev–Trinajstić information content (AvgIpc) is 2.70. The predicted molar refractivity (Wildman–Crippen MR) is 110 cm³/mol. The first-order valence-electron chi connectivity index (χ1n) is 10.3. The number of allylic oxidation sites excluding steroid dienone is 3. The number of aryl methyl sites for hydroxylation is 1. The van der Waals surface area contributed by atoms with Gasteiger partial charge < -0.3 is 4.90 Å². The normalized spacial score (nSPS) is 18.0. The molecule has 3 nitrogen and oxygen atoms in total. The van der Waals surface area contributed by atoms with Crippen LogP contribution >= 0.6 is 11.6 Å². The van der Waals surface area contributed by atoms with Gasteiger partial charge in [0.05, 0.1) is 10.7 Å². The number of rotatable bonds is 7. The molecule has 1 unspecified atom stereocenters. The second-order valence-electron chi connectivity index (χ2n) is 7.67. The highest BCUT2D eigenvalue weighted by Crippen LogP contribution is 2.42. The van der Waals surface area contributed by atoms with Gasteiger partial charge in [-0.25, -0.2) is 0 Å². The predicted octanol–water partition coefficient (Wildman–Crippen LogP) is 6.80. The number of halogens is 7. The monoisotopic (exact) mass is 482 g/mol. The Hall–Kier alpha value is -2.03. The van der Waals surface area contributed by atoms with E-state index in [2.05, 4.69) is 4.98 Å². The van der Waals surface area contributed by atoms with Crippen molar-refractivity contribution >= 4 is 17.5 Å². The maximum Gasteiger partial charge on any atom is 0.400 e. The molecule has 32 heavy (non-hydrogen) atoms. The van der Waals surface area contributed by atoms with Gasteiger partial charge in [-0.2, -0.15) is 26.3 Å². The molecule has 0 N–H and O–H groups in total. The van der Waals surface area contributed by atoms with Crippen molar-refractivity contribution in [2.24, 2.45) is 11.8 Å². The molecule has 2 rings (SSSR count). The standard InChI is InChI=1S/C22H25ClF6N2O/c1-2-31(20(32)13-19(21(24,25)26)22(27,28)29)18-12-15(6-3-4-8-17(18)23)9-10-16-7-5-11-30-14-16/h5,7-8,11-12,14-15,19H,2-4,6,9-10,13H2,1H3. The Labute approximate surface area is 188 Å². The molecular weight excluding hydrogens is 458 g/mol. The van der Waals surface area contributed by atoms with Crippen molar-refractivity contribution in [3.63, 3.8) is 0 Å². The van der Waals surface area contributed by atoms with Crippen LogP contribution in [-0.4, -0.2) is 34.7 Å². The summed E-state index contributed by atoms with van der Waals surface area (Å²) in [5.41, 5.74) is 1.17. The Morgan fingerprint density at radius 1 is 1.25 bits per heavy atom. The summed E-state index contributed by atoms with van der Waals surface area (Å²) in [7, 11) is 0. The number of aromatic nitrogens is 1. The number of nitrogens with zero attached hydrogens (tertiary/aromatic N) is 2. The molecule has 10 heteroatoms. The smallest absolute Gasteiger partial charge is 0.312 e. The third-order valence-corrected chi connectivity index (χ3v) is 5.69. The highest BCUT2D eigenvalue weighted by atomic mass is 35.5. The van der Waals surface area contributed by atoms with E-state index in [0.29, 0.717) is 19.3 Å². The molecule has 0 bridgehead atoms. The minimum absolute atomic E-state index is 0.0458. The molecule has 0 aliphatic heterocycles. The Balaban J connectivity index is 2.27. The lowest BCUT2D eigenvalue weighted by Crippen LogP contribution is -2.42. The van der Waals surface area contributed by atoms with Crippen LogP contribution < -0.4 is 0 Å². The molecule has 0 saturated carbocycles. The summed E-state index contributed by atoms with van der Waals surface area (Å²) < 4.78 is 77.7. The van der Waals surface area contributed by atoms with Crippen LogP contribution in [0.3, 0.4) is 0 Å². The zero-order chi connectivity index (χ0) is 23.9. The highest BCUT2D eigenvalue weighted by molar-refractivity contribution is 6.32. The van der Waals surface area contributed by atoms with Crippen LogP contribution in [0.5, 0.6) is 0 Å². The van der Waals surface area contributed by atoms with Crippen LogP contribution in [0.2, 0.25) is 0 Å². The lowest BCUT2D eigenvalue weighted by atomic mass is 9.91. The zero-order valence-corrected chi connectivity index (χ0v) is 18.3. The third-order valence-electron chi connectivity index (χ3n) is 5.34. The Morgan fingerprint density at radius 3 is 2.50 bits per heavy atom. The van der Waals surface area contributed by atoms with Crippen molar-refractivity contribution in [1.82, 2.24) is 9.88 Å². The number of hydrogen-bond acceptors (Lipinski definition) is 2. The second kappa shape index (κ2) is 11.2. The quantitative estimate of drug-likeness (QED) is 0.400. The first kappa shape index (κ1) is 26.2. The average molecular weight is 483 g/mol. The number of carbonyl (C=O) groups is 1. The number of carbonyl (C=O) groups excluding carboxylic acids is 1. The van der Waals surface area contributed by atoms with Gasteiger partial charge >= 0.3 is 12.4 Å². The summed E-state index contributed by atoms with van der Waals surface area (Å²) in [5.74, 6) is -5.04. The van der Waals surface area contributed by atoms with E-state index in [-0.39, 0.29) is 23.2 Å². The van der Waals surface area contributed by atoms with Gasteiger partial charge in [0.2, 0.25) is 5.91 Å². The van der Waals surface area contributed by atoms with Gasteiger partial charge in [0.15, 0.2) is 5.92 Å². The molecule has 1 heterocycles. The number of alkyl halides is 6. The van der Waals surface area contributed by atoms with Gasteiger partial charge in [-0.3, -0.25) is 9.78 Å². The molecule has 0 saturated heterocycles. The van der Waals surface area contributed by atoms with Gasteiger partial charge in [0, 0.05) is 25.4 Å². The van der Waals surface area contributed by atoms with Gasteiger partial charge in [0.25, 0.3) is 0 Å². The molecule has 0 fully saturated rings. The van der Waals surface area contributed by atoms with E-state index in [4.69, 9.17) is 11.6 Å². The third kappa shape index (κ3) is 7.53. The summed E-state index contributed by atoms with van der Waals surface area (Å²) >= 11 is 6.32. The Morgan fingerprint density at radius 2 is 1.94 bits per heavy atom. The maximum atomic E-state index is 13.0. The van der Waals surface area contributed by atoms with Crippen LogP contribution in [0, 0.1) is 11.8 Å². The molecule has 0 spiro atoms. The second-order valence-corrected chi connectivity index (χ2v) is 8.08. The number of likely N-dealkylation sites (N-methyl/N-ethyl adjacent to an activating group) is 1. The van der Waals surface area contributed by atoms with Gasteiger partial charge in [-0.05, 0) is 56.6 Å².